The molecule has 0 saturated heterocycles. The number of ether oxygens (including phenoxy) is 1. The second-order valence-electron chi connectivity index (χ2n) is 7.26. The number of rotatable bonds is 9. The van der Waals surface area contributed by atoms with E-state index >= 15 is 0 Å². The van der Waals surface area contributed by atoms with E-state index in [1.165, 1.54) is 38.5 Å². The molecule has 1 saturated carbocycles. The number of aliphatic hydroxyl groups excluding tert-OH is 1. The fourth-order valence-electron chi connectivity index (χ4n) is 3.53. The maximum Gasteiger partial charge on any atom is 0.0899 e. The molecular weight excluding hydrogens is 264 g/mol. The first-order chi connectivity index (χ1) is 9.97. The average Bonchev–Trinajstić information content (AvgIpc) is 2.62. The third kappa shape index (κ3) is 7.59. The van der Waals surface area contributed by atoms with Gasteiger partial charge >= 0.3 is 0 Å². The van der Waals surface area contributed by atoms with E-state index in [1.807, 2.05) is 0 Å². The number of likely N-dealkylation sites (N-methyl/N-ethyl adjacent to an activating group) is 1. The summed E-state index contributed by atoms with van der Waals surface area (Å²) in [5.41, 5.74) is 0.363. The van der Waals surface area contributed by atoms with E-state index in [0.29, 0.717) is 24.6 Å². The van der Waals surface area contributed by atoms with Crippen LogP contribution in [0.2, 0.25) is 0 Å². The molecule has 1 aliphatic carbocycles. The van der Waals surface area contributed by atoms with E-state index in [2.05, 4.69) is 31.1 Å². The van der Waals surface area contributed by atoms with Crippen molar-refractivity contribution in [3.05, 3.63) is 0 Å². The summed E-state index contributed by atoms with van der Waals surface area (Å²) in [7, 11) is 3.77. The van der Waals surface area contributed by atoms with E-state index in [0.717, 1.165) is 13.1 Å². The van der Waals surface area contributed by atoms with Crippen molar-refractivity contribution in [2.75, 3.05) is 40.4 Å². The van der Waals surface area contributed by atoms with Gasteiger partial charge in [0.1, 0.15) is 0 Å². The summed E-state index contributed by atoms with van der Waals surface area (Å²) in [5, 5.41) is 13.6. The normalized spacial score (nSPS) is 20.7. The number of hydrogen-bond donors (Lipinski definition) is 2. The van der Waals surface area contributed by atoms with Crippen LogP contribution in [0.15, 0.2) is 0 Å². The number of hydrogen-bond acceptors (Lipinski definition) is 4. The lowest BCUT2D eigenvalue weighted by molar-refractivity contribution is 0.0308. The van der Waals surface area contributed by atoms with Gasteiger partial charge in [0.15, 0.2) is 0 Å². The fourth-order valence-corrected chi connectivity index (χ4v) is 3.53. The Morgan fingerprint density at radius 2 is 1.81 bits per heavy atom. The van der Waals surface area contributed by atoms with Crippen LogP contribution in [0.5, 0.6) is 0 Å². The van der Waals surface area contributed by atoms with Gasteiger partial charge < -0.3 is 20.1 Å². The highest BCUT2D eigenvalue weighted by Gasteiger charge is 2.32. The Balaban J connectivity index is 2.58. The fraction of sp³-hybridized carbons (Fsp3) is 1.00. The molecule has 0 aromatic rings. The van der Waals surface area contributed by atoms with Gasteiger partial charge in [0, 0.05) is 32.8 Å². The summed E-state index contributed by atoms with van der Waals surface area (Å²) in [6.07, 6.45) is 7.65. The predicted octanol–water partition coefficient (Wildman–Crippen LogP) is 2.26. The van der Waals surface area contributed by atoms with Gasteiger partial charge in [-0.05, 0) is 25.3 Å². The Labute approximate surface area is 131 Å². The van der Waals surface area contributed by atoms with Gasteiger partial charge in [-0.1, -0.05) is 39.5 Å². The van der Waals surface area contributed by atoms with E-state index in [1.54, 1.807) is 7.11 Å². The summed E-state index contributed by atoms with van der Waals surface area (Å²) in [5.74, 6) is 0. The molecule has 0 bridgehead atoms. The zero-order valence-electron chi connectivity index (χ0n) is 14.5. The van der Waals surface area contributed by atoms with Crippen molar-refractivity contribution in [1.82, 2.24) is 10.2 Å². The third-order valence-corrected chi connectivity index (χ3v) is 4.54. The molecule has 21 heavy (non-hydrogen) atoms. The minimum absolute atomic E-state index is 0.363. The summed E-state index contributed by atoms with van der Waals surface area (Å²) >= 11 is 0. The summed E-state index contributed by atoms with van der Waals surface area (Å²) < 4.78 is 5.03. The topological polar surface area (TPSA) is 44.7 Å². The first-order valence-corrected chi connectivity index (χ1v) is 8.56. The highest BCUT2D eigenvalue weighted by Crippen LogP contribution is 2.35. The molecule has 0 spiro atoms. The molecule has 0 radical (unpaired) electrons. The standard InChI is InChI=1S/C17H36N2O2/c1-15(2)18-13-17(9-7-5-6-8-10-17)14-19(3)11-16(20)12-21-4/h15-16,18,20H,5-14H2,1-4H3. The van der Waals surface area contributed by atoms with Crippen LogP contribution in [0.3, 0.4) is 0 Å². The molecule has 1 unspecified atom stereocenters. The predicted molar refractivity (Wildman–Crippen MR) is 88.7 cm³/mol. The van der Waals surface area contributed by atoms with Gasteiger partial charge in [0.2, 0.25) is 0 Å². The molecule has 0 heterocycles. The van der Waals surface area contributed by atoms with Crippen LogP contribution in [0.1, 0.15) is 52.4 Å². The first-order valence-electron chi connectivity index (χ1n) is 8.56. The highest BCUT2D eigenvalue weighted by molar-refractivity contribution is 4.87. The van der Waals surface area contributed by atoms with E-state index in [9.17, 15) is 5.11 Å². The second kappa shape index (κ2) is 9.78. The van der Waals surface area contributed by atoms with E-state index in [-0.39, 0.29) is 6.10 Å². The molecule has 0 amide bonds. The van der Waals surface area contributed by atoms with Crippen molar-refractivity contribution in [2.45, 2.75) is 64.5 Å². The molecule has 1 atom stereocenters. The third-order valence-electron chi connectivity index (χ3n) is 4.54. The van der Waals surface area contributed by atoms with Crippen molar-refractivity contribution >= 4 is 0 Å². The first kappa shape index (κ1) is 18.9. The Morgan fingerprint density at radius 1 is 1.19 bits per heavy atom. The van der Waals surface area contributed by atoms with Crippen LogP contribution in [0.25, 0.3) is 0 Å². The Hall–Kier alpha value is -0.160. The van der Waals surface area contributed by atoms with Gasteiger partial charge in [-0.25, -0.2) is 0 Å². The second-order valence-corrected chi connectivity index (χ2v) is 7.26. The monoisotopic (exact) mass is 300 g/mol. The lowest BCUT2D eigenvalue weighted by atomic mass is 9.79. The summed E-state index contributed by atoms with van der Waals surface area (Å²) in [6.45, 7) is 7.70. The van der Waals surface area contributed by atoms with Gasteiger partial charge in [-0.15, -0.1) is 0 Å². The molecule has 2 N–H and O–H groups in total. The van der Waals surface area contributed by atoms with Gasteiger partial charge in [-0.3, -0.25) is 0 Å². The van der Waals surface area contributed by atoms with Gasteiger partial charge in [0.25, 0.3) is 0 Å². The van der Waals surface area contributed by atoms with Crippen molar-refractivity contribution < 1.29 is 9.84 Å². The Morgan fingerprint density at radius 3 is 2.33 bits per heavy atom. The van der Waals surface area contributed by atoms with E-state index < -0.39 is 0 Å². The molecule has 0 aromatic carbocycles. The molecule has 1 aliphatic rings. The van der Waals surface area contributed by atoms with Crippen LogP contribution < -0.4 is 5.32 Å². The number of nitrogens with one attached hydrogen (secondary N) is 1. The minimum Gasteiger partial charge on any atom is -0.389 e. The quantitative estimate of drug-likeness (QED) is 0.641. The van der Waals surface area contributed by atoms with Crippen molar-refractivity contribution in [2.24, 2.45) is 5.41 Å². The maximum atomic E-state index is 9.92. The van der Waals surface area contributed by atoms with Crippen LogP contribution >= 0.6 is 0 Å². The number of methoxy groups -OCH3 is 1. The van der Waals surface area contributed by atoms with Crippen LogP contribution in [0, 0.1) is 5.41 Å². The average molecular weight is 300 g/mol. The van der Waals surface area contributed by atoms with E-state index in [4.69, 9.17) is 4.74 Å². The van der Waals surface area contributed by atoms with Crippen LogP contribution in [0.4, 0.5) is 0 Å². The largest absolute Gasteiger partial charge is 0.389 e. The smallest absolute Gasteiger partial charge is 0.0899 e. The SMILES string of the molecule is COCC(O)CN(C)CC1(CNC(C)C)CCCCCC1. The molecule has 4 nitrogen and oxygen atoms in total. The van der Waals surface area contributed by atoms with Gasteiger partial charge in [0.05, 0.1) is 12.7 Å². The molecule has 4 heteroatoms. The van der Waals surface area contributed by atoms with Crippen LogP contribution in [-0.2, 0) is 4.74 Å². The number of aliphatic hydroxyl groups is 1. The zero-order valence-corrected chi connectivity index (χ0v) is 14.5. The molecule has 0 aromatic heterocycles. The molecular formula is C17H36N2O2. The highest BCUT2D eigenvalue weighted by atomic mass is 16.5. The number of nitrogens with zero attached hydrogens (tertiary/aromatic N) is 1. The van der Waals surface area contributed by atoms with Crippen LogP contribution in [-0.4, -0.2) is 62.6 Å². The summed E-state index contributed by atoms with van der Waals surface area (Å²) in [6, 6.07) is 0.537. The Kier molecular flexibility index (Phi) is 8.79. The minimum atomic E-state index is -0.388. The molecule has 126 valence electrons. The summed E-state index contributed by atoms with van der Waals surface area (Å²) in [4.78, 5) is 2.29. The lowest BCUT2D eigenvalue weighted by Crippen LogP contribution is -2.46. The lowest BCUT2D eigenvalue weighted by Gasteiger charge is -2.38. The van der Waals surface area contributed by atoms with Crippen molar-refractivity contribution in [3.63, 3.8) is 0 Å². The van der Waals surface area contributed by atoms with Gasteiger partial charge in [-0.2, -0.15) is 0 Å². The molecule has 0 aliphatic heterocycles. The molecule has 1 rings (SSSR count). The van der Waals surface area contributed by atoms with Crippen molar-refractivity contribution in [1.29, 1.82) is 0 Å². The zero-order chi connectivity index (χ0) is 15.7. The maximum absolute atomic E-state index is 9.92. The van der Waals surface area contributed by atoms with Crippen molar-refractivity contribution in [3.8, 4) is 0 Å². The molecule has 1 fully saturated rings. The Bertz CT molecular complexity index is 264.